The number of halogens is 2. The van der Waals surface area contributed by atoms with Gasteiger partial charge < -0.3 is 15.4 Å². The summed E-state index contributed by atoms with van der Waals surface area (Å²) in [5.74, 6) is 1.94. The molecule has 1 atom stereocenters. The molecular weight excluding hydrogens is 565 g/mol. The number of carbonyl (C=O) groups is 1. The molecule has 0 bridgehead atoms. The molecule has 1 aromatic heterocycles. The van der Waals surface area contributed by atoms with Crippen LogP contribution in [0, 0.1) is 6.92 Å². The molecule has 5 rings (SSSR count). The summed E-state index contributed by atoms with van der Waals surface area (Å²) in [6.07, 6.45) is 1.01. The Bertz CT molecular complexity index is 1530. The van der Waals surface area contributed by atoms with Gasteiger partial charge in [0.1, 0.15) is 18.4 Å². The van der Waals surface area contributed by atoms with Crippen molar-refractivity contribution in [1.82, 2.24) is 14.8 Å². The van der Waals surface area contributed by atoms with E-state index in [2.05, 4.69) is 22.5 Å². The van der Waals surface area contributed by atoms with Gasteiger partial charge in [-0.25, -0.2) is 4.68 Å². The fraction of sp³-hybridized carbons (Fsp3) is 0.233. The van der Waals surface area contributed by atoms with E-state index in [0.717, 1.165) is 40.2 Å². The monoisotopic (exact) mass is 593 g/mol. The van der Waals surface area contributed by atoms with Gasteiger partial charge in [-0.2, -0.15) is 4.98 Å². The number of nitrogens with one attached hydrogen (secondary N) is 2. The summed E-state index contributed by atoms with van der Waals surface area (Å²) >= 11 is 14.2. The Labute approximate surface area is 247 Å². The lowest BCUT2D eigenvalue weighted by molar-refractivity contribution is -0.113. The number of fused-ring (bicyclic) bond motifs is 1. The van der Waals surface area contributed by atoms with Crippen molar-refractivity contribution in [2.75, 3.05) is 16.4 Å². The third kappa shape index (κ3) is 6.14. The van der Waals surface area contributed by atoms with Gasteiger partial charge in [0, 0.05) is 32.7 Å². The molecule has 2 N–H and O–H groups in total. The van der Waals surface area contributed by atoms with Crippen molar-refractivity contribution in [3.63, 3.8) is 0 Å². The van der Waals surface area contributed by atoms with E-state index in [0.29, 0.717) is 32.5 Å². The van der Waals surface area contributed by atoms with Gasteiger partial charge in [-0.1, -0.05) is 77.8 Å². The van der Waals surface area contributed by atoms with E-state index >= 15 is 0 Å². The predicted molar refractivity (Wildman–Crippen MR) is 163 cm³/mol. The first-order valence-electron chi connectivity index (χ1n) is 12.9. The molecule has 10 heteroatoms. The minimum absolute atomic E-state index is 0.212. The summed E-state index contributed by atoms with van der Waals surface area (Å²) in [4.78, 5) is 18.4. The van der Waals surface area contributed by atoms with Gasteiger partial charge in [-0.15, -0.1) is 5.10 Å². The number of thioether (sulfide) groups is 1. The predicted octanol–water partition coefficient (Wildman–Crippen LogP) is 7.90. The van der Waals surface area contributed by atoms with E-state index < -0.39 is 6.04 Å². The largest absolute Gasteiger partial charge is 0.489 e. The van der Waals surface area contributed by atoms with Crippen molar-refractivity contribution >= 4 is 52.5 Å². The zero-order valence-corrected chi connectivity index (χ0v) is 24.7. The molecule has 1 aliphatic rings. The van der Waals surface area contributed by atoms with Gasteiger partial charge in [0.25, 0.3) is 5.91 Å². The summed E-state index contributed by atoms with van der Waals surface area (Å²) in [5.41, 5.74) is 4.72. The molecular formula is C30H29Cl2N5O2S. The first-order chi connectivity index (χ1) is 19.3. The highest BCUT2D eigenvalue weighted by molar-refractivity contribution is 7.99. The molecule has 0 saturated carbocycles. The Morgan fingerprint density at radius 3 is 2.42 bits per heavy atom. The number of amides is 1. The Kier molecular flexibility index (Phi) is 8.69. The zero-order chi connectivity index (χ0) is 28.2. The van der Waals surface area contributed by atoms with E-state index in [9.17, 15) is 4.79 Å². The maximum atomic E-state index is 13.7. The number of anilines is 2. The van der Waals surface area contributed by atoms with Crippen LogP contribution in [0.5, 0.6) is 5.75 Å². The molecule has 7 nitrogen and oxygen atoms in total. The average molecular weight is 595 g/mol. The average Bonchev–Trinajstić information content (AvgIpc) is 3.34. The van der Waals surface area contributed by atoms with Crippen LogP contribution in [0.2, 0.25) is 10.0 Å². The fourth-order valence-corrected chi connectivity index (χ4v) is 5.59. The molecule has 4 aromatic rings. The Morgan fingerprint density at radius 1 is 1.05 bits per heavy atom. The van der Waals surface area contributed by atoms with Gasteiger partial charge in [0.2, 0.25) is 11.1 Å². The molecule has 0 fully saturated rings. The number of allylic oxidation sites excluding steroid dienone is 1. The second-order valence-corrected chi connectivity index (χ2v) is 11.3. The zero-order valence-electron chi connectivity index (χ0n) is 22.4. The van der Waals surface area contributed by atoms with E-state index in [1.807, 2.05) is 62.4 Å². The van der Waals surface area contributed by atoms with Crippen molar-refractivity contribution in [2.24, 2.45) is 0 Å². The number of aryl methyl sites for hydroxylation is 1. The van der Waals surface area contributed by atoms with Gasteiger partial charge in [-0.05, 0) is 62.2 Å². The number of aromatic nitrogens is 3. The van der Waals surface area contributed by atoms with Gasteiger partial charge >= 0.3 is 0 Å². The molecule has 1 unspecified atom stereocenters. The van der Waals surface area contributed by atoms with Crippen LogP contribution in [0.15, 0.2) is 83.2 Å². The van der Waals surface area contributed by atoms with E-state index in [4.69, 9.17) is 33.0 Å². The molecule has 0 saturated heterocycles. The topological polar surface area (TPSA) is 81.1 Å². The van der Waals surface area contributed by atoms with Crippen LogP contribution in [0.1, 0.15) is 43.0 Å². The minimum atomic E-state index is -0.489. The Morgan fingerprint density at radius 2 is 1.75 bits per heavy atom. The molecule has 1 amide bonds. The highest BCUT2D eigenvalue weighted by Gasteiger charge is 2.34. The summed E-state index contributed by atoms with van der Waals surface area (Å²) in [6, 6.07) is 20.2. The quantitative estimate of drug-likeness (QED) is 0.192. The number of rotatable bonds is 9. The van der Waals surface area contributed by atoms with Crippen molar-refractivity contribution in [3.05, 3.63) is 105 Å². The number of hydrogen-bond donors (Lipinski definition) is 2. The molecule has 0 spiro atoms. The normalized spacial score (nSPS) is 14.5. The van der Waals surface area contributed by atoms with Crippen LogP contribution < -0.4 is 15.4 Å². The van der Waals surface area contributed by atoms with Crippen LogP contribution in [0.3, 0.4) is 0 Å². The van der Waals surface area contributed by atoms with Crippen molar-refractivity contribution < 1.29 is 9.53 Å². The Hall–Kier alpha value is -3.46. The third-order valence-corrected chi connectivity index (χ3v) is 8.21. The molecule has 0 radical (unpaired) electrons. The lowest BCUT2D eigenvalue weighted by Crippen LogP contribution is -2.31. The highest BCUT2D eigenvalue weighted by Crippen LogP contribution is 2.37. The molecule has 0 aliphatic carbocycles. The summed E-state index contributed by atoms with van der Waals surface area (Å²) < 4.78 is 7.77. The molecule has 1 aliphatic heterocycles. The third-order valence-electron chi connectivity index (χ3n) is 6.46. The van der Waals surface area contributed by atoms with Crippen LogP contribution in [-0.2, 0) is 11.4 Å². The van der Waals surface area contributed by atoms with Crippen LogP contribution in [-0.4, -0.2) is 26.4 Å². The van der Waals surface area contributed by atoms with E-state index in [-0.39, 0.29) is 12.5 Å². The highest BCUT2D eigenvalue weighted by atomic mass is 35.5. The summed E-state index contributed by atoms with van der Waals surface area (Å²) in [7, 11) is 0. The van der Waals surface area contributed by atoms with E-state index in [1.165, 1.54) is 0 Å². The van der Waals surface area contributed by atoms with Gasteiger partial charge in [0.05, 0.1) is 5.57 Å². The summed E-state index contributed by atoms with van der Waals surface area (Å²) in [6.45, 7) is 6.25. The standard InChI is InChI=1S/C30H29Cl2N5O2S/c1-4-16-40-30-35-29-33-19(3)26(28(38)34-21-12-8-18(2)9-13-21)27(37(29)36-30)20-10-14-22(15-11-20)39-17-23-24(31)6-5-7-25(23)32/h5-15,27H,4,16-17H2,1-3H3,(H,34,38)(H,33,35,36). The maximum Gasteiger partial charge on any atom is 0.255 e. The van der Waals surface area contributed by atoms with Gasteiger partial charge in [-0.3, -0.25) is 4.79 Å². The van der Waals surface area contributed by atoms with Crippen LogP contribution in [0.25, 0.3) is 0 Å². The fourth-order valence-electron chi connectivity index (χ4n) is 4.40. The van der Waals surface area contributed by atoms with Crippen molar-refractivity contribution in [3.8, 4) is 5.75 Å². The van der Waals surface area contributed by atoms with Crippen LogP contribution >= 0.6 is 35.0 Å². The first kappa shape index (κ1) is 28.1. The van der Waals surface area contributed by atoms with Crippen LogP contribution in [0.4, 0.5) is 11.6 Å². The maximum absolute atomic E-state index is 13.7. The number of carbonyl (C=O) groups excluding carboxylic acids is 1. The second kappa shape index (κ2) is 12.4. The van der Waals surface area contributed by atoms with Gasteiger partial charge in [0.15, 0.2) is 0 Å². The summed E-state index contributed by atoms with van der Waals surface area (Å²) in [5, 5.41) is 12.9. The first-order valence-corrected chi connectivity index (χ1v) is 14.7. The van der Waals surface area contributed by atoms with Crippen molar-refractivity contribution in [1.29, 1.82) is 0 Å². The van der Waals surface area contributed by atoms with E-state index in [1.54, 1.807) is 34.6 Å². The molecule has 2 heterocycles. The molecule has 206 valence electrons. The number of hydrogen-bond acceptors (Lipinski definition) is 6. The Balaban J connectivity index is 1.45. The minimum Gasteiger partial charge on any atom is -0.489 e. The smallest absolute Gasteiger partial charge is 0.255 e. The number of nitrogens with zero attached hydrogens (tertiary/aromatic N) is 3. The van der Waals surface area contributed by atoms with Crippen molar-refractivity contribution in [2.45, 2.75) is 45.0 Å². The molecule has 40 heavy (non-hydrogen) atoms. The second-order valence-electron chi connectivity index (χ2n) is 9.46. The number of benzene rings is 3. The number of ether oxygens (including phenoxy) is 1. The molecule has 3 aromatic carbocycles. The SMILES string of the molecule is CCCSc1nc2n(n1)C(c1ccc(OCc3c(Cl)cccc3Cl)cc1)C(C(=O)Nc1ccc(C)cc1)=C(C)N2. The lowest BCUT2D eigenvalue weighted by Gasteiger charge is -2.28. The lowest BCUT2D eigenvalue weighted by atomic mass is 9.95.